The maximum Gasteiger partial charge on any atom is 0.111 e. The molecule has 2 atom stereocenters. The summed E-state index contributed by atoms with van der Waals surface area (Å²) in [5.41, 5.74) is 16.4. The second-order valence-electron chi connectivity index (χ2n) is 9.35. The summed E-state index contributed by atoms with van der Waals surface area (Å²) in [6.45, 7) is 8.40. The van der Waals surface area contributed by atoms with Crippen molar-refractivity contribution in [1.82, 2.24) is 20.7 Å². The van der Waals surface area contributed by atoms with E-state index in [0.29, 0.717) is 12.6 Å². The number of nitrogens with one attached hydrogen (secondary N) is 2. The third-order valence-electron chi connectivity index (χ3n) is 7.13. The van der Waals surface area contributed by atoms with E-state index in [0.717, 1.165) is 50.5 Å². The maximum absolute atomic E-state index is 5.76. The van der Waals surface area contributed by atoms with E-state index in [9.17, 15) is 0 Å². The van der Waals surface area contributed by atoms with Gasteiger partial charge in [-0.25, -0.2) is 5.43 Å². The minimum atomic E-state index is 0.147. The van der Waals surface area contributed by atoms with Crippen molar-refractivity contribution in [3.63, 3.8) is 0 Å². The van der Waals surface area contributed by atoms with Crippen molar-refractivity contribution in [2.45, 2.75) is 38.9 Å². The van der Waals surface area contributed by atoms with Gasteiger partial charge in [0, 0.05) is 45.0 Å². The van der Waals surface area contributed by atoms with Gasteiger partial charge in [0.2, 0.25) is 0 Å². The molecular formula is C26H35N5O2. The monoisotopic (exact) mass is 449 g/mol. The van der Waals surface area contributed by atoms with Gasteiger partial charge in [0.1, 0.15) is 11.9 Å². The lowest BCUT2D eigenvalue weighted by Gasteiger charge is -2.46. The predicted molar refractivity (Wildman–Crippen MR) is 133 cm³/mol. The molecule has 1 aromatic rings. The Labute approximate surface area is 196 Å². The Morgan fingerprint density at radius 1 is 1.27 bits per heavy atom. The molecule has 4 aliphatic rings. The summed E-state index contributed by atoms with van der Waals surface area (Å²) in [6.07, 6.45) is 13.4. The average Bonchev–Trinajstić information content (AvgIpc) is 3.36. The highest BCUT2D eigenvalue weighted by Gasteiger charge is 2.36. The van der Waals surface area contributed by atoms with Crippen molar-refractivity contribution in [2.75, 3.05) is 52.0 Å². The molecule has 1 saturated heterocycles. The van der Waals surface area contributed by atoms with Gasteiger partial charge in [-0.1, -0.05) is 12.2 Å². The van der Waals surface area contributed by atoms with E-state index in [2.05, 4.69) is 65.9 Å². The third kappa shape index (κ3) is 4.15. The van der Waals surface area contributed by atoms with Gasteiger partial charge in [-0.2, -0.15) is 0 Å². The molecule has 176 valence electrons. The van der Waals surface area contributed by atoms with E-state index in [4.69, 9.17) is 14.5 Å². The molecule has 7 heteroatoms. The van der Waals surface area contributed by atoms with Gasteiger partial charge in [0.15, 0.2) is 0 Å². The summed E-state index contributed by atoms with van der Waals surface area (Å²) in [6, 6.07) is 0.352. The number of hydrogen-bond donors (Lipinski definition) is 2. The third-order valence-corrected chi connectivity index (χ3v) is 7.13. The van der Waals surface area contributed by atoms with Crippen LogP contribution < -0.4 is 15.8 Å². The fourth-order valence-electron chi connectivity index (χ4n) is 5.38. The number of nitrogens with zero attached hydrogens (tertiary/aromatic N) is 3. The summed E-state index contributed by atoms with van der Waals surface area (Å²) >= 11 is 0. The number of aryl methyl sites for hydroxylation is 1. The smallest absolute Gasteiger partial charge is 0.111 e. The number of methoxy groups -OCH3 is 1. The van der Waals surface area contributed by atoms with E-state index in [1.54, 1.807) is 7.11 Å². The zero-order valence-electron chi connectivity index (χ0n) is 20.1. The van der Waals surface area contributed by atoms with E-state index >= 15 is 0 Å². The summed E-state index contributed by atoms with van der Waals surface area (Å²) in [5.74, 6) is 0. The van der Waals surface area contributed by atoms with Gasteiger partial charge in [0.25, 0.3) is 0 Å². The van der Waals surface area contributed by atoms with E-state index in [-0.39, 0.29) is 6.17 Å². The minimum Gasteiger partial charge on any atom is -0.380 e. The van der Waals surface area contributed by atoms with Crippen molar-refractivity contribution in [2.24, 2.45) is 0 Å². The fourth-order valence-corrected chi connectivity index (χ4v) is 5.38. The summed E-state index contributed by atoms with van der Waals surface area (Å²) in [4.78, 5) is 9.88. The van der Waals surface area contributed by atoms with Crippen LogP contribution in [0.1, 0.15) is 36.6 Å². The van der Waals surface area contributed by atoms with Crippen LogP contribution in [0.5, 0.6) is 0 Å². The number of morpholine rings is 1. The standard InChI is InChI=1S/C26H35N5O2/c1-17-14-27-25(22-9-10-28-29-22)26-24(17)21(20-7-5-19(6-8-20)16-32-4)13-23(30(26)3)31-11-12-33-15-18(31)2/h5,7,9,13-14,18,23,28-29H,6,8,10-12,15-16H2,1-4H3/t18-,23?/m1/s1. The predicted octanol–water partition coefficient (Wildman–Crippen LogP) is 3.01. The molecule has 1 aromatic heterocycles. The lowest BCUT2D eigenvalue weighted by Crippen LogP contribution is -2.56. The van der Waals surface area contributed by atoms with E-state index < -0.39 is 0 Å². The number of likely N-dealkylation sites (N-methyl/N-ethyl adjacent to an activating group) is 1. The highest BCUT2D eigenvalue weighted by Crippen LogP contribution is 2.45. The number of hydrogen-bond acceptors (Lipinski definition) is 7. The number of aromatic nitrogens is 1. The molecule has 1 fully saturated rings. The van der Waals surface area contributed by atoms with Gasteiger partial charge in [-0.15, -0.1) is 0 Å². The van der Waals surface area contributed by atoms with Crippen molar-refractivity contribution in [1.29, 1.82) is 0 Å². The van der Waals surface area contributed by atoms with Gasteiger partial charge in [-0.05, 0) is 61.1 Å². The average molecular weight is 450 g/mol. The summed E-state index contributed by atoms with van der Waals surface area (Å²) in [7, 11) is 3.97. The zero-order valence-corrected chi connectivity index (χ0v) is 20.1. The molecule has 3 aliphatic heterocycles. The zero-order chi connectivity index (χ0) is 22.9. The highest BCUT2D eigenvalue weighted by atomic mass is 16.5. The van der Waals surface area contributed by atoms with Gasteiger partial charge < -0.3 is 19.8 Å². The Kier molecular flexibility index (Phi) is 6.38. The van der Waals surface area contributed by atoms with Crippen LogP contribution in [0.25, 0.3) is 11.3 Å². The quantitative estimate of drug-likeness (QED) is 0.717. The van der Waals surface area contributed by atoms with Crippen LogP contribution in [0.3, 0.4) is 0 Å². The number of fused-ring (bicyclic) bond motifs is 1. The molecule has 0 bridgehead atoms. The Bertz CT molecular complexity index is 1040. The van der Waals surface area contributed by atoms with Crippen molar-refractivity contribution >= 4 is 17.0 Å². The summed E-state index contributed by atoms with van der Waals surface area (Å²) < 4.78 is 11.1. The first-order valence-corrected chi connectivity index (χ1v) is 11.9. The van der Waals surface area contributed by atoms with Crippen LogP contribution >= 0.6 is 0 Å². The number of allylic oxidation sites excluding steroid dienone is 4. The molecule has 33 heavy (non-hydrogen) atoms. The van der Waals surface area contributed by atoms with E-state index in [1.807, 2.05) is 6.20 Å². The lowest BCUT2D eigenvalue weighted by molar-refractivity contribution is -0.0128. The molecule has 0 radical (unpaired) electrons. The highest BCUT2D eigenvalue weighted by molar-refractivity contribution is 5.94. The van der Waals surface area contributed by atoms with Crippen LogP contribution in [-0.4, -0.2) is 69.2 Å². The molecule has 1 aliphatic carbocycles. The minimum absolute atomic E-state index is 0.147. The fraction of sp³-hybridized carbons (Fsp3) is 0.500. The van der Waals surface area contributed by atoms with Crippen molar-refractivity contribution in [3.05, 3.63) is 58.5 Å². The molecule has 4 heterocycles. The van der Waals surface area contributed by atoms with Crippen LogP contribution in [0, 0.1) is 6.92 Å². The topological polar surface area (TPSA) is 61.9 Å². The first-order valence-electron chi connectivity index (χ1n) is 11.9. The normalized spacial score (nSPS) is 25.6. The molecule has 7 nitrogen and oxygen atoms in total. The van der Waals surface area contributed by atoms with Crippen LogP contribution in [0.15, 0.2) is 41.6 Å². The van der Waals surface area contributed by atoms with Crippen LogP contribution in [-0.2, 0) is 9.47 Å². The largest absolute Gasteiger partial charge is 0.380 e. The summed E-state index contributed by atoms with van der Waals surface area (Å²) in [5, 5.41) is 0. The number of ether oxygens (including phenoxy) is 2. The number of hydrazine groups is 1. The second kappa shape index (κ2) is 9.43. The van der Waals surface area contributed by atoms with Gasteiger partial charge in [0.05, 0.1) is 31.2 Å². The first-order chi connectivity index (χ1) is 16.1. The molecule has 5 rings (SSSR count). The molecule has 0 amide bonds. The Hall–Kier alpha value is -2.45. The second-order valence-corrected chi connectivity index (χ2v) is 9.35. The molecular weight excluding hydrogens is 414 g/mol. The Balaban J connectivity index is 1.65. The Morgan fingerprint density at radius 2 is 2.15 bits per heavy atom. The first kappa shape index (κ1) is 22.3. The Morgan fingerprint density at radius 3 is 2.85 bits per heavy atom. The maximum atomic E-state index is 5.76. The molecule has 0 saturated carbocycles. The number of pyridine rings is 1. The van der Waals surface area contributed by atoms with Crippen molar-refractivity contribution < 1.29 is 9.47 Å². The molecule has 0 spiro atoms. The number of rotatable bonds is 5. The van der Waals surface area contributed by atoms with E-state index in [1.165, 1.54) is 33.5 Å². The lowest BCUT2D eigenvalue weighted by atomic mass is 9.84. The van der Waals surface area contributed by atoms with Crippen LogP contribution in [0.4, 0.5) is 5.69 Å². The molecule has 0 aromatic carbocycles. The van der Waals surface area contributed by atoms with Gasteiger partial charge >= 0.3 is 0 Å². The number of anilines is 1. The van der Waals surface area contributed by atoms with Crippen molar-refractivity contribution in [3.8, 4) is 0 Å². The molecule has 2 N–H and O–H groups in total. The molecule has 1 unspecified atom stereocenters. The SMILES string of the molecule is COCC1=CC=C(C2=CC(N3CCOC[C@H]3C)N(C)c3c(C4=CCNN4)ncc(C)c32)CC1. The van der Waals surface area contributed by atoms with Gasteiger partial charge in [-0.3, -0.25) is 9.88 Å². The van der Waals surface area contributed by atoms with Crippen LogP contribution in [0.2, 0.25) is 0 Å².